The lowest BCUT2D eigenvalue weighted by Crippen LogP contribution is -2.45. The van der Waals surface area contributed by atoms with Crippen LogP contribution >= 0.6 is 0 Å². The Balaban J connectivity index is 1.35. The van der Waals surface area contributed by atoms with Crippen LogP contribution in [0.2, 0.25) is 0 Å². The van der Waals surface area contributed by atoms with Crippen molar-refractivity contribution in [1.29, 1.82) is 0 Å². The lowest BCUT2D eigenvalue weighted by molar-refractivity contribution is 0.129. The summed E-state index contributed by atoms with van der Waals surface area (Å²) in [5.74, 6) is 2.19. The minimum Gasteiger partial charge on any atom is -0.458 e. The zero-order chi connectivity index (χ0) is 17.6. The summed E-state index contributed by atoms with van der Waals surface area (Å²) < 4.78 is 6.01. The first-order chi connectivity index (χ1) is 12.7. The molecule has 0 bridgehead atoms. The number of aryl methyl sites for hydroxylation is 1. The monoisotopic (exact) mass is 350 g/mol. The van der Waals surface area contributed by atoms with Crippen molar-refractivity contribution in [2.24, 2.45) is 0 Å². The molecule has 0 saturated carbocycles. The second-order valence-electron chi connectivity index (χ2n) is 7.43. The Morgan fingerprint density at radius 3 is 3.12 bits per heavy atom. The van der Waals surface area contributed by atoms with E-state index >= 15 is 0 Å². The first-order valence-electron chi connectivity index (χ1n) is 9.15. The smallest absolute Gasteiger partial charge is 0.220 e. The summed E-state index contributed by atoms with van der Waals surface area (Å²) >= 11 is 0. The highest BCUT2D eigenvalue weighted by atomic mass is 16.3. The molecule has 2 aliphatic rings. The predicted octanol–water partition coefficient (Wildman–Crippen LogP) is 2.52. The summed E-state index contributed by atoms with van der Waals surface area (Å²) in [4.78, 5) is 11.3. The number of H-pyrrole nitrogens is 1. The fourth-order valence-electron chi connectivity index (χ4n) is 4.54. The van der Waals surface area contributed by atoms with E-state index in [9.17, 15) is 0 Å². The number of likely N-dealkylation sites (tertiary alicyclic amines) is 1. The van der Waals surface area contributed by atoms with Crippen molar-refractivity contribution in [3.8, 4) is 11.5 Å². The Morgan fingerprint density at radius 2 is 2.23 bits per heavy atom. The third-order valence-electron chi connectivity index (χ3n) is 5.72. The van der Waals surface area contributed by atoms with Crippen molar-refractivity contribution in [3.05, 3.63) is 47.6 Å². The summed E-state index contributed by atoms with van der Waals surface area (Å²) in [6, 6.07) is 5.97. The van der Waals surface area contributed by atoms with Gasteiger partial charge in [0.15, 0.2) is 5.76 Å². The molecule has 3 N–H and O–H groups in total. The lowest BCUT2D eigenvalue weighted by Gasteiger charge is -2.40. The lowest BCUT2D eigenvalue weighted by atomic mass is 9.77. The van der Waals surface area contributed by atoms with Gasteiger partial charge in [0.25, 0.3) is 0 Å². The average Bonchev–Trinajstić information content (AvgIpc) is 3.37. The molecule has 1 aliphatic carbocycles. The highest BCUT2D eigenvalue weighted by Gasteiger charge is 2.43. The zero-order valence-electron chi connectivity index (χ0n) is 14.6. The number of rotatable bonds is 3. The van der Waals surface area contributed by atoms with Crippen molar-refractivity contribution < 1.29 is 4.42 Å². The van der Waals surface area contributed by atoms with Crippen LogP contribution in [0.5, 0.6) is 0 Å². The minimum absolute atomic E-state index is 0.115. The number of hydrogen-bond acceptors (Lipinski definition) is 6. The van der Waals surface area contributed by atoms with Crippen molar-refractivity contribution in [3.63, 3.8) is 0 Å². The molecule has 1 aliphatic heterocycles. The summed E-state index contributed by atoms with van der Waals surface area (Å²) in [5, 5.41) is 6.93. The van der Waals surface area contributed by atoms with E-state index in [1.54, 1.807) is 6.20 Å². The molecule has 1 fully saturated rings. The van der Waals surface area contributed by atoms with E-state index < -0.39 is 0 Å². The van der Waals surface area contributed by atoms with Crippen LogP contribution in [-0.4, -0.2) is 38.2 Å². The molecule has 26 heavy (non-hydrogen) atoms. The zero-order valence-corrected chi connectivity index (χ0v) is 14.6. The Bertz CT molecular complexity index is 914. The second-order valence-corrected chi connectivity index (χ2v) is 7.43. The van der Waals surface area contributed by atoms with Gasteiger partial charge >= 0.3 is 0 Å². The topological polar surface area (TPSA) is 96.9 Å². The molecule has 4 heterocycles. The number of nitrogens with two attached hydrogens (primary N) is 1. The quantitative estimate of drug-likeness (QED) is 0.753. The van der Waals surface area contributed by atoms with E-state index in [0.29, 0.717) is 5.95 Å². The van der Waals surface area contributed by atoms with Gasteiger partial charge in [-0.25, -0.2) is 9.97 Å². The number of fused-ring (bicyclic) bond motifs is 2. The van der Waals surface area contributed by atoms with Gasteiger partial charge in [0.2, 0.25) is 5.95 Å². The molecule has 3 aromatic rings. The largest absolute Gasteiger partial charge is 0.458 e. The molecule has 1 atom stereocenters. The number of nitrogen functional groups attached to an aromatic ring is 1. The first kappa shape index (κ1) is 15.6. The molecule has 1 saturated heterocycles. The minimum atomic E-state index is 0.115. The fraction of sp³-hybridized carbons (Fsp3) is 0.421. The number of aromatic nitrogens is 4. The van der Waals surface area contributed by atoms with Crippen molar-refractivity contribution in [1.82, 2.24) is 25.1 Å². The Kier molecular flexibility index (Phi) is 3.56. The van der Waals surface area contributed by atoms with Crippen LogP contribution in [0.15, 0.2) is 35.0 Å². The highest BCUT2D eigenvalue weighted by Crippen LogP contribution is 2.44. The van der Waals surface area contributed by atoms with Gasteiger partial charge < -0.3 is 10.2 Å². The van der Waals surface area contributed by atoms with Gasteiger partial charge in [0, 0.05) is 24.4 Å². The molecular weight excluding hydrogens is 328 g/mol. The Hall–Kier alpha value is -2.67. The van der Waals surface area contributed by atoms with Crippen molar-refractivity contribution in [2.45, 2.75) is 37.6 Å². The number of anilines is 1. The third-order valence-corrected chi connectivity index (χ3v) is 5.72. The van der Waals surface area contributed by atoms with Gasteiger partial charge in [-0.2, -0.15) is 5.10 Å². The van der Waals surface area contributed by atoms with E-state index in [-0.39, 0.29) is 5.41 Å². The van der Waals surface area contributed by atoms with E-state index in [0.717, 1.165) is 56.1 Å². The van der Waals surface area contributed by atoms with Gasteiger partial charge in [-0.05, 0) is 56.0 Å². The number of hydrogen-bond donors (Lipinski definition) is 2. The van der Waals surface area contributed by atoms with Crippen LogP contribution in [0.25, 0.3) is 11.5 Å². The van der Waals surface area contributed by atoms with Gasteiger partial charge in [-0.3, -0.25) is 10.00 Å². The summed E-state index contributed by atoms with van der Waals surface area (Å²) in [6.45, 7) is 2.89. The third kappa shape index (κ3) is 2.59. The second kappa shape index (κ2) is 5.95. The molecule has 1 spiro atoms. The molecule has 3 aromatic heterocycles. The maximum absolute atomic E-state index is 6.01. The van der Waals surface area contributed by atoms with Gasteiger partial charge in [-0.1, -0.05) is 0 Å². The van der Waals surface area contributed by atoms with E-state index in [2.05, 4.69) is 31.1 Å². The molecular formula is C19H22N6O. The van der Waals surface area contributed by atoms with Crippen LogP contribution in [0, 0.1) is 0 Å². The molecule has 7 nitrogen and oxygen atoms in total. The summed E-state index contributed by atoms with van der Waals surface area (Å²) in [5.41, 5.74) is 9.33. The van der Waals surface area contributed by atoms with Crippen molar-refractivity contribution >= 4 is 5.95 Å². The number of nitrogens with one attached hydrogen (secondary N) is 1. The van der Waals surface area contributed by atoms with E-state index in [1.807, 2.05) is 18.3 Å². The molecule has 0 radical (unpaired) electrons. The molecule has 5 rings (SSSR count). The van der Waals surface area contributed by atoms with Crippen LogP contribution < -0.4 is 5.73 Å². The molecule has 0 aromatic carbocycles. The maximum atomic E-state index is 6.01. The molecule has 7 heteroatoms. The average molecular weight is 350 g/mol. The maximum Gasteiger partial charge on any atom is 0.220 e. The summed E-state index contributed by atoms with van der Waals surface area (Å²) in [7, 11) is 0. The first-order valence-corrected chi connectivity index (χ1v) is 9.15. The normalized spacial score (nSPS) is 22.8. The van der Waals surface area contributed by atoms with Crippen LogP contribution in [0.3, 0.4) is 0 Å². The van der Waals surface area contributed by atoms with Gasteiger partial charge in [0.1, 0.15) is 11.5 Å². The molecule has 1 unspecified atom stereocenters. The van der Waals surface area contributed by atoms with Crippen LogP contribution in [0.4, 0.5) is 5.95 Å². The van der Waals surface area contributed by atoms with Crippen LogP contribution in [0.1, 0.15) is 36.3 Å². The van der Waals surface area contributed by atoms with E-state index in [4.69, 9.17) is 10.2 Å². The molecule has 0 amide bonds. The predicted molar refractivity (Wildman–Crippen MR) is 97.2 cm³/mol. The number of nitrogens with zero attached hydrogens (tertiary/aromatic N) is 4. The van der Waals surface area contributed by atoms with Gasteiger partial charge in [-0.15, -0.1) is 0 Å². The van der Waals surface area contributed by atoms with Crippen LogP contribution in [-0.2, 0) is 18.4 Å². The number of furan rings is 1. The van der Waals surface area contributed by atoms with Crippen molar-refractivity contribution in [2.75, 3.05) is 18.8 Å². The summed E-state index contributed by atoms with van der Waals surface area (Å²) in [6.07, 6.45) is 8.16. The van der Waals surface area contributed by atoms with Gasteiger partial charge in [0.05, 0.1) is 12.2 Å². The Labute approximate surface area is 151 Å². The van der Waals surface area contributed by atoms with E-state index in [1.165, 1.54) is 17.7 Å². The number of aromatic amines is 1. The SMILES string of the molecule is Nc1ncc2c(n1)C1(CCCN(Cc3ccc(-c4ccn[nH]4)o3)C1)CC2. The fourth-order valence-corrected chi connectivity index (χ4v) is 4.54. The Morgan fingerprint density at radius 1 is 1.27 bits per heavy atom. The number of piperidine rings is 1. The molecule has 134 valence electrons. The highest BCUT2D eigenvalue weighted by molar-refractivity contribution is 5.51. The standard InChI is InChI=1S/C19H22N6O/c20-18-21-10-13-4-7-19(17(13)23-18)6-1-9-25(12-19)11-14-2-3-16(26-14)15-5-8-22-24-15/h2-3,5,8,10H,1,4,6-7,9,11-12H2,(H,22,24)(H2,20,21,23).